The van der Waals surface area contributed by atoms with Gasteiger partial charge in [0, 0.05) is 24.8 Å². The van der Waals surface area contributed by atoms with Crippen LogP contribution in [0.1, 0.15) is 17.0 Å². The molecule has 0 aliphatic carbocycles. The van der Waals surface area contributed by atoms with E-state index in [9.17, 15) is 9.59 Å². The molecule has 2 aliphatic heterocycles. The Hall–Kier alpha value is -3.11. The van der Waals surface area contributed by atoms with Crippen LogP contribution in [0.2, 0.25) is 0 Å². The molecule has 4 rings (SSSR count). The first kappa shape index (κ1) is 20.2. The molecule has 10 nitrogen and oxygen atoms in total. The number of nitrogens with zero attached hydrogens (tertiary/aromatic N) is 3. The molecule has 0 bridgehead atoms. The summed E-state index contributed by atoms with van der Waals surface area (Å²) in [6.45, 7) is 2.03. The van der Waals surface area contributed by atoms with E-state index in [0.29, 0.717) is 44.2 Å². The Bertz CT molecular complexity index is 889. The van der Waals surface area contributed by atoms with Gasteiger partial charge in [-0.05, 0) is 18.6 Å². The number of rotatable bonds is 3. The highest BCUT2D eigenvalue weighted by atomic mass is 16.7. The van der Waals surface area contributed by atoms with Crippen LogP contribution >= 0.6 is 0 Å². The molecule has 1 aromatic heterocycles. The molecule has 1 N–H and O–H groups in total. The van der Waals surface area contributed by atoms with E-state index in [-0.39, 0.29) is 30.8 Å². The van der Waals surface area contributed by atoms with Gasteiger partial charge in [0.15, 0.2) is 6.39 Å². The van der Waals surface area contributed by atoms with Crippen molar-refractivity contribution in [2.24, 2.45) is 0 Å². The van der Waals surface area contributed by atoms with Crippen LogP contribution in [0.3, 0.4) is 0 Å². The lowest BCUT2D eigenvalue weighted by molar-refractivity contribution is -0.258. The first-order valence-electron chi connectivity index (χ1n) is 9.74. The molecule has 1 atom stereocenters. The van der Waals surface area contributed by atoms with Crippen molar-refractivity contribution in [3.63, 3.8) is 0 Å². The van der Waals surface area contributed by atoms with Crippen LogP contribution in [0.25, 0.3) is 0 Å². The average Bonchev–Trinajstić information content (AvgIpc) is 3.23. The lowest BCUT2D eigenvalue weighted by Crippen LogP contribution is -2.60. The third-order valence-electron chi connectivity index (χ3n) is 5.07. The fourth-order valence-electron chi connectivity index (χ4n) is 3.60. The third kappa shape index (κ3) is 4.39. The minimum atomic E-state index is -1.09. The van der Waals surface area contributed by atoms with Crippen molar-refractivity contribution in [1.82, 2.24) is 14.8 Å². The maximum atomic E-state index is 12.8. The lowest BCUT2D eigenvalue weighted by atomic mass is 10.2. The summed E-state index contributed by atoms with van der Waals surface area (Å²) in [6.07, 6.45) is 3.26. The minimum Gasteiger partial charge on any atom is -0.497 e. The summed E-state index contributed by atoms with van der Waals surface area (Å²) in [4.78, 5) is 32.6. The van der Waals surface area contributed by atoms with Crippen molar-refractivity contribution < 1.29 is 28.2 Å². The number of nitrogens with one attached hydrogen (secondary N) is 1. The van der Waals surface area contributed by atoms with E-state index in [4.69, 9.17) is 18.6 Å². The number of urea groups is 1. The van der Waals surface area contributed by atoms with Gasteiger partial charge in [0.25, 0.3) is 5.91 Å². The zero-order valence-electron chi connectivity index (χ0n) is 16.7. The summed E-state index contributed by atoms with van der Waals surface area (Å²) in [5, 5.41) is 2.87. The van der Waals surface area contributed by atoms with Gasteiger partial charge >= 0.3 is 6.03 Å². The highest BCUT2D eigenvalue weighted by molar-refractivity contribution is 5.91. The maximum Gasteiger partial charge on any atom is 0.322 e. The van der Waals surface area contributed by atoms with Crippen LogP contribution in [0.5, 0.6) is 5.75 Å². The van der Waals surface area contributed by atoms with Gasteiger partial charge < -0.3 is 33.7 Å². The molecule has 1 aromatic carbocycles. The number of morpholine rings is 1. The molecule has 160 valence electrons. The maximum absolute atomic E-state index is 12.8. The Morgan fingerprint density at radius 3 is 2.80 bits per heavy atom. The normalized spacial score (nSPS) is 21.9. The first-order valence-corrected chi connectivity index (χ1v) is 9.74. The number of carbonyl (C=O) groups is 2. The summed E-state index contributed by atoms with van der Waals surface area (Å²) >= 11 is 0. The second-order valence-corrected chi connectivity index (χ2v) is 7.14. The molecule has 2 saturated heterocycles. The van der Waals surface area contributed by atoms with Gasteiger partial charge in [0.2, 0.25) is 11.5 Å². The van der Waals surface area contributed by atoms with Crippen LogP contribution in [-0.4, -0.2) is 79.0 Å². The van der Waals surface area contributed by atoms with Gasteiger partial charge in [0.05, 0.1) is 39.6 Å². The highest BCUT2D eigenvalue weighted by Gasteiger charge is 2.43. The molecule has 3 amide bonds. The van der Waals surface area contributed by atoms with Crippen molar-refractivity contribution in [2.75, 3.05) is 51.8 Å². The van der Waals surface area contributed by atoms with Crippen LogP contribution in [0, 0.1) is 0 Å². The second kappa shape index (κ2) is 8.72. The van der Waals surface area contributed by atoms with Gasteiger partial charge in [-0.15, -0.1) is 0 Å². The Kier molecular flexibility index (Phi) is 5.86. The topological polar surface area (TPSA) is 106 Å². The van der Waals surface area contributed by atoms with Gasteiger partial charge in [-0.2, -0.15) is 0 Å². The molecule has 2 fully saturated rings. The summed E-state index contributed by atoms with van der Waals surface area (Å²) in [5.41, 5.74) is 0.629. The summed E-state index contributed by atoms with van der Waals surface area (Å²) in [5.74, 6) is -0.551. The number of aromatic nitrogens is 1. The molecule has 3 heterocycles. The minimum absolute atomic E-state index is 0.162. The molecular weight excluding hydrogens is 392 g/mol. The quantitative estimate of drug-likeness (QED) is 0.813. The molecule has 30 heavy (non-hydrogen) atoms. The number of anilines is 1. The molecule has 2 aromatic rings. The van der Waals surface area contributed by atoms with Gasteiger partial charge in [-0.1, -0.05) is 6.07 Å². The van der Waals surface area contributed by atoms with Crippen LogP contribution in [-0.2, 0) is 9.47 Å². The van der Waals surface area contributed by atoms with E-state index in [1.54, 1.807) is 41.2 Å². The van der Waals surface area contributed by atoms with E-state index < -0.39 is 5.79 Å². The molecule has 1 unspecified atom stereocenters. The molecular formula is C20H24N4O6. The monoisotopic (exact) mass is 416 g/mol. The fourth-order valence-corrected chi connectivity index (χ4v) is 3.60. The number of benzene rings is 1. The summed E-state index contributed by atoms with van der Waals surface area (Å²) in [7, 11) is 1.57. The van der Waals surface area contributed by atoms with Crippen molar-refractivity contribution in [1.29, 1.82) is 0 Å². The number of oxazole rings is 1. The Morgan fingerprint density at radius 1 is 1.17 bits per heavy atom. The van der Waals surface area contributed by atoms with E-state index in [2.05, 4.69) is 10.3 Å². The number of methoxy groups -OCH3 is 1. The number of ether oxygens (including phenoxy) is 3. The van der Waals surface area contributed by atoms with Crippen LogP contribution in [0.15, 0.2) is 41.3 Å². The largest absolute Gasteiger partial charge is 0.497 e. The Morgan fingerprint density at radius 2 is 2.00 bits per heavy atom. The zero-order valence-corrected chi connectivity index (χ0v) is 16.7. The van der Waals surface area contributed by atoms with E-state index in [0.717, 1.165) is 0 Å². The predicted molar refractivity (Wildman–Crippen MR) is 105 cm³/mol. The Labute approximate surface area is 173 Å². The lowest BCUT2D eigenvalue weighted by Gasteiger charge is -2.42. The predicted octanol–water partition coefficient (Wildman–Crippen LogP) is 1.81. The van der Waals surface area contributed by atoms with Crippen molar-refractivity contribution in [3.05, 3.63) is 42.6 Å². The molecule has 0 saturated carbocycles. The van der Waals surface area contributed by atoms with Gasteiger partial charge in [-0.3, -0.25) is 4.79 Å². The SMILES string of the molecule is COc1cccc(NC(=O)N2CCOC3(C2)CN(C(=O)c2cnco2)CCCO3)c1. The number of hydrogen-bond donors (Lipinski definition) is 1. The van der Waals surface area contributed by atoms with Crippen molar-refractivity contribution in [3.8, 4) is 5.75 Å². The second-order valence-electron chi connectivity index (χ2n) is 7.14. The van der Waals surface area contributed by atoms with Crippen LogP contribution < -0.4 is 10.1 Å². The van der Waals surface area contributed by atoms with E-state index >= 15 is 0 Å². The van der Waals surface area contributed by atoms with Gasteiger partial charge in [0.1, 0.15) is 5.75 Å². The van der Waals surface area contributed by atoms with Crippen molar-refractivity contribution >= 4 is 17.6 Å². The molecule has 2 aliphatic rings. The fraction of sp³-hybridized carbons (Fsp3) is 0.450. The van der Waals surface area contributed by atoms with Crippen molar-refractivity contribution in [2.45, 2.75) is 12.2 Å². The smallest absolute Gasteiger partial charge is 0.322 e. The number of carbonyl (C=O) groups excluding carboxylic acids is 2. The molecule has 1 spiro atoms. The molecule has 0 radical (unpaired) electrons. The average molecular weight is 416 g/mol. The zero-order chi connectivity index (χ0) is 21.0. The third-order valence-corrected chi connectivity index (χ3v) is 5.07. The summed E-state index contributed by atoms with van der Waals surface area (Å²) in [6, 6.07) is 6.87. The van der Waals surface area contributed by atoms with Crippen LogP contribution in [0.4, 0.5) is 10.5 Å². The number of amides is 3. The standard InChI is InChI=1S/C20H24N4O6/c1-27-16-5-2-4-15(10-16)22-19(26)24-7-9-30-20(13-24)12-23(6-3-8-29-20)18(25)17-11-21-14-28-17/h2,4-5,10-11,14H,3,6-9,12-13H2,1H3,(H,22,26). The molecule has 10 heteroatoms. The summed E-state index contributed by atoms with van der Waals surface area (Å²) < 4.78 is 22.3. The first-order chi connectivity index (χ1) is 14.6. The Balaban J connectivity index is 1.45. The number of hydrogen-bond acceptors (Lipinski definition) is 7. The van der Waals surface area contributed by atoms with Gasteiger partial charge in [-0.25, -0.2) is 9.78 Å². The van der Waals surface area contributed by atoms with E-state index in [1.807, 2.05) is 0 Å². The highest BCUT2D eigenvalue weighted by Crippen LogP contribution is 2.26. The van der Waals surface area contributed by atoms with E-state index in [1.165, 1.54) is 12.6 Å².